The van der Waals surface area contributed by atoms with E-state index in [9.17, 15) is 9.59 Å². The maximum Gasteiger partial charge on any atom is 0.323 e. The minimum absolute atomic E-state index is 0.00659. The molecule has 0 aromatic heterocycles. The Balaban J connectivity index is 2.42. The lowest BCUT2D eigenvalue weighted by molar-refractivity contribution is -0.143. The van der Waals surface area contributed by atoms with E-state index in [1.54, 1.807) is 12.1 Å². The Morgan fingerprint density at radius 2 is 2.00 bits per heavy atom. The highest BCUT2D eigenvalue weighted by molar-refractivity contribution is 7.99. The number of hydrogen-bond donors (Lipinski definition) is 1. The minimum atomic E-state index is -1.07. The highest BCUT2D eigenvalue weighted by Crippen LogP contribution is 2.15. The Morgan fingerprint density at radius 1 is 1.35 bits per heavy atom. The van der Waals surface area contributed by atoms with Crippen molar-refractivity contribution in [2.45, 2.75) is 5.75 Å². The Bertz CT molecular complexity index is 510. The maximum atomic E-state index is 11.8. The second kappa shape index (κ2) is 8.51. The molecule has 0 heterocycles. The van der Waals surface area contributed by atoms with Crippen molar-refractivity contribution in [3.63, 3.8) is 0 Å². The summed E-state index contributed by atoms with van der Waals surface area (Å²) in [7, 11) is 0. The smallest absolute Gasteiger partial charge is 0.323 e. The zero-order valence-electron chi connectivity index (χ0n) is 10.7. The molecule has 0 saturated carbocycles. The number of terminal acetylenes is 1. The van der Waals surface area contributed by atoms with Crippen LogP contribution in [0.3, 0.4) is 0 Å². The van der Waals surface area contributed by atoms with Crippen LogP contribution in [0.4, 0.5) is 0 Å². The van der Waals surface area contributed by atoms with Crippen molar-refractivity contribution in [2.24, 2.45) is 0 Å². The van der Waals surface area contributed by atoms with Crippen LogP contribution >= 0.6 is 23.4 Å². The van der Waals surface area contributed by atoms with E-state index < -0.39 is 5.97 Å². The van der Waals surface area contributed by atoms with Crippen molar-refractivity contribution in [2.75, 3.05) is 18.8 Å². The Labute approximate surface area is 127 Å². The molecule has 4 nitrogen and oxygen atoms in total. The first-order chi connectivity index (χ1) is 9.52. The average Bonchev–Trinajstić information content (AvgIpc) is 2.40. The molecule has 0 fully saturated rings. The summed E-state index contributed by atoms with van der Waals surface area (Å²) in [5.41, 5.74) is 1.05. The van der Waals surface area contributed by atoms with Crippen LogP contribution < -0.4 is 0 Å². The number of nitrogens with zero attached hydrogens (tertiary/aromatic N) is 1. The van der Waals surface area contributed by atoms with E-state index in [1.165, 1.54) is 11.8 Å². The molecule has 0 aliphatic carbocycles. The third-order valence-electron chi connectivity index (χ3n) is 2.37. The van der Waals surface area contributed by atoms with Gasteiger partial charge in [-0.25, -0.2) is 0 Å². The summed E-state index contributed by atoms with van der Waals surface area (Å²) >= 11 is 7.18. The Kier molecular flexibility index (Phi) is 6.99. The van der Waals surface area contributed by atoms with E-state index in [2.05, 4.69) is 5.92 Å². The maximum absolute atomic E-state index is 11.8. The van der Waals surface area contributed by atoms with Crippen molar-refractivity contribution in [1.29, 1.82) is 0 Å². The molecule has 1 aromatic carbocycles. The molecule has 0 aliphatic rings. The number of rotatable bonds is 7. The van der Waals surface area contributed by atoms with Gasteiger partial charge >= 0.3 is 5.97 Å². The standard InChI is InChI=1S/C14H14ClNO3S/c1-2-7-16(8-14(18)19)13(17)10-20-9-11-3-5-12(15)6-4-11/h1,3-6H,7-10H2,(H,18,19). The van der Waals surface area contributed by atoms with Crippen molar-refractivity contribution < 1.29 is 14.7 Å². The summed E-state index contributed by atoms with van der Waals surface area (Å²) in [6.07, 6.45) is 5.12. The number of carboxylic acids is 1. The number of amides is 1. The van der Waals surface area contributed by atoms with Crippen LogP contribution in [-0.4, -0.2) is 40.7 Å². The van der Waals surface area contributed by atoms with Crippen LogP contribution in [0.25, 0.3) is 0 Å². The van der Waals surface area contributed by atoms with Gasteiger partial charge in [0, 0.05) is 10.8 Å². The molecule has 0 atom stereocenters. The van der Waals surface area contributed by atoms with Crippen molar-refractivity contribution in [3.8, 4) is 12.3 Å². The zero-order valence-corrected chi connectivity index (χ0v) is 12.3. The molecule has 0 saturated heterocycles. The monoisotopic (exact) mass is 311 g/mol. The van der Waals surface area contributed by atoms with Gasteiger partial charge in [-0.1, -0.05) is 29.7 Å². The van der Waals surface area contributed by atoms with Gasteiger partial charge in [-0.15, -0.1) is 18.2 Å². The number of carboxylic acid groups (broad SMARTS) is 1. The quantitative estimate of drug-likeness (QED) is 0.784. The molecular formula is C14H14ClNO3S. The van der Waals surface area contributed by atoms with E-state index in [0.717, 1.165) is 10.5 Å². The first kappa shape index (κ1) is 16.4. The molecule has 20 heavy (non-hydrogen) atoms. The summed E-state index contributed by atoms with van der Waals surface area (Å²) in [6.45, 7) is -0.364. The fourth-order valence-corrected chi connectivity index (χ4v) is 2.45. The lowest BCUT2D eigenvalue weighted by Gasteiger charge is -2.17. The summed E-state index contributed by atoms with van der Waals surface area (Å²) in [5, 5.41) is 9.37. The van der Waals surface area contributed by atoms with Crippen molar-refractivity contribution >= 4 is 35.2 Å². The van der Waals surface area contributed by atoms with E-state index in [1.807, 2.05) is 12.1 Å². The number of benzene rings is 1. The van der Waals surface area contributed by atoms with Gasteiger partial charge in [0.2, 0.25) is 5.91 Å². The molecule has 0 radical (unpaired) electrons. The highest BCUT2D eigenvalue weighted by atomic mass is 35.5. The topological polar surface area (TPSA) is 57.6 Å². The van der Waals surface area contributed by atoms with Crippen LogP contribution in [-0.2, 0) is 15.3 Å². The molecule has 1 amide bonds. The zero-order chi connectivity index (χ0) is 15.0. The molecule has 0 aliphatic heterocycles. The van der Waals surface area contributed by atoms with Gasteiger partial charge in [-0.3, -0.25) is 9.59 Å². The molecule has 0 spiro atoms. The molecule has 6 heteroatoms. The second-order valence-corrected chi connectivity index (χ2v) is 5.39. The number of aliphatic carboxylic acids is 1. The minimum Gasteiger partial charge on any atom is -0.480 e. The van der Waals surface area contributed by atoms with Gasteiger partial charge in [0.25, 0.3) is 0 Å². The molecular weight excluding hydrogens is 298 g/mol. The predicted octanol–water partition coefficient (Wildman–Crippen LogP) is 2.12. The van der Waals surface area contributed by atoms with Crippen LogP contribution in [0.2, 0.25) is 5.02 Å². The fourth-order valence-electron chi connectivity index (χ4n) is 1.43. The summed E-state index contributed by atoms with van der Waals surface area (Å²) in [4.78, 5) is 23.6. The van der Waals surface area contributed by atoms with E-state index in [0.29, 0.717) is 10.8 Å². The van der Waals surface area contributed by atoms with Gasteiger partial charge in [0.05, 0.1) is 12.3 Å². The first-order valence-electron chi connectivity index (χ1n) is 5.78. The number of carbonyl (C=O) groups excluding carboxylic acids is 1. The number of carbonyl (C=O) groups is 2. The molecule has 0 bridgehead atoms. The highest BCUT2D eigenvalue weighted by Gasteiger charge is 2.15. The van der Waals surface area contributed by atoms with Gasteiger partial charge in [-0.05, 0) is 17.7 Å². The molecule has 106 valence electrons. The van der Waals surface area contributed by atoms with Crippen LogP contribution in [0, 0.1) is 12.3 Å². The molecule has 1 N–H and O–H groups in total. The summed E-state index contributed by atoms with van der Waals surface area (Å²) in [5.74, 6) is 1.78. The lowest BCUT2D eigenvalue weighted by Crippen LogP contribution is -2.37. The van der Waals surface area contributed by atoms with Crippen molar-refractivity contribution in [1.82, 2.24) is 4.90 Å². The Morgan fingerprint density at radius 3 is 2.55 bits per heavy atom. The largest absolute Gasteiger partial charge is 0.480 e. The van der Waals surface area contributed by atoms with Gasteiger partial charge < -0.3 is 10.0 Å². The lowest BCUT2D eigenvalue weighted by atomic mass is 10.2. The average molecular weight is 312 g/mol. The van der Waals surface area contributed by atoms with Crippen LogP contribution in [0.15, 0.2) is 24.3 Å². The van der Waals surface area contributed by atoms with Gasteiger partial charge in [-0.2, -0.15) is 0 Å². The number of hydrogen-bond acceptors (Lipinski definition) is 3. The number of halogens is 1. The third-order valence-corrected chi connectivity index (χ3v) is 3.61. The number of thioether (sulfide) groups is 1. The van der Waals surface area contributed by atoms with Gasteiger partial charge in [0.15, 0.2) is 0 Å². The summed E-state index contributed by atoms with van der Waals surface area (Å²) in [6, 6.07) is 7.34. The van der Waals surface area contributed by atoms with E-state index >= 15 is 0 Å². The van der Waals surface area contributed by atoms with Crippen molar-refractivity contribution in [3.05, 3.63) is 34.9 Å². The second-order valence-electron chi connectivity index (χ2n) is 3.97. The Hall–Kier alpha value is -1.64. The summed E-state index contributed by atoms with van der Waals surface area (Å²) < 4.78 is 0. The van der Waals surface area contributed by atoms with Crippen LogP contribution in [0.5, 0.6) is 0 Å². The van der Waals surface area contributed by atoms with Crippen LogP contribution in [0.1, 0.15) is 5.56 Å². The predicted molar refractivity (Wildman–Crippen MR) is 80.7 cm³/mol. The van der Waals surface area contributed by atoms with E-state index in [4.69, 9.17) is 23.1 Å². The fraction of sp³-hybridized carbons (Fsp3) is 0.286. The molecule has 0 unspecified atom stereocenters. The molecule has 1 rings (SSSR count). The third kappa shape index (κ3) is 6.00. The van der Waals surface area contributed by atoms with E-state index in [-0.39, 0.29) is 24.7 Å². The first-order valence-corrected chi connectivity index (χ1v) is 7.31. The molecule has 1 aromatic rings. The normalized spacial score (nSPS) is 9.80. The SMILES string of the molecule is C#CCN(CC(=O)O)C(=O)CSCc1ccc(Cl)cc1. The van der Waals surface area contributed by atoms with Gasteiger partial charge in [0.1, 0.15) is 6.54 Å².